The Kier molecular flexibility index (Phi) is 4.67. The zero-order valence-electron chi connectivity index (χ0n) is 12.9. The summed E-state index contributed by atoms with van der Waals surface area (Å²) < 4.78 is 0. The lowest BCUT2D eigenvalue weighted by Gasteiger charge is -2.21. The molecule has 0 radical (unpaired) electrons. The van der Waals surface area contributed by atoms with Crippen LogP contribution in [0.4, 0.5) is 0 Å². The Morgan fingerprint density at radius 2 is 2.13 bits per heavy atom. The summed E-state index contributed by atoms with van der Waals surface area (Å²) in [6, 6.07) is 9.11. The van der Waals surface area contributed by atoms with Gasteiger partial charge in [0.05, 0.1) is 0 Å². The first-order valence-corrected chi connectivity index (χ1v) is 7.97. The van der Waals surface area contributed by atoms with E-state index in [1.807, 2.05) is 12.1 Å². The average molecular weight is 309 g/mol. The largest absolute Gasteiger partial charge is 0.352 e. The molecule has 0 bridgehead atoms. The van der Waals surface area contributed by atoms with Gasteiger partial charge in [-0.15, -0.1) is 5.10 Å². The minimum Gasteiger partial charge on any atom is -0.352 e. The SMILES string of the molecule is N#Cc1n[nH]nc1-c1cccc(C(=O)NCC2CCCCC2)c1. The van der Waals surface area contributed by atoms with Crippen LogP contribution < -0.4 is 5.32 Å². The number of amides is 1. The van der Waals surface area contributed by atoms with Crippen LogP contribution in [0.5, 0.6) is 0 Å². The summed E-state index contributed by atoms with van der Waals surface area (Å²) in [5.74, 6) is 0.510. The van der Waals surface area contributed by atoms with Crippen molar-refractivity contribution in [3.8, 4) is 17.3 Å². The van der Waals surface area contributed by atoms with E-state index in [2.05, 4.69) is 20.7 Å². The van der Waals surface area contributed by atoms with Crippen molar-refractivity contribution < 1.29 is 4.79 Å². The fraction of sp³-hybridized carbons (Fsp3) is 0.412. The molecule has 2 aromatic rings. The number of aromatic amines is 1. The van der Waals surface area contributed by atoms with E-state index in [1.54, 1.807) is 18.2 Å². The highest BCUT2D eigenvalue weighted by molar-refractivity contribution is 5.95. The molecule has 2 N–H and O–H groups in total. The van der Waals surface area contributed by atoms with Gasteiger partial charge in [-0.3, -0.25) is 4.79 Å². The molecule has 0 unspecified atom stereocenters. The molecule has 1 fully saturated rings. The molecule has 0 saturated heterocycles. The van der Waals surface area contributed by atoms with Crippen molar-refractivity contribution in [1.82, 2.24) is 20.7 Å². The van der Waals surface area contributed by atoms with Gasteiger partial charge in [-0.05, 0) is 30.9 Å². The van der Waals surface area contributed by atoms with Crippen molar-refractivity contribution in [3.63, 3.8) is 0 Å². The number of H-pyrrole nitrogens is 1. The van der Waals surface area contributed by atoms with E-state index in [0.29, 0.717) is 22.7 Å². The number of carbonyl (C=O) groups is 1. The highest BCUT2D eigenvalue weighted by atomic mass is 16.1. The molecule has 0 atom stereocenters. The van der Waals surface area contributed by atoms with Crippen LogP contribution in [0.2, 0.25) is 0 Å². The Bertz CT molecular complexity index is 725. The molecule has 1 aromatic heterocycles. The Hall–Kier alpha value is -2.68. The zero-order chi connectivity index (χ0) is 16.1. The lowest BCUT2D eigenvalue weighted by molar-refractivity contribution is 0.0943. The van der Waals surface area contributed by atoms with E-state index >= 15 is 0 Å². The first kappa shape index (κ1) is 15.2. The van der Waals surface area contributed by atoms with Crippen LogP contribution in [0.15, 0.2) is 24.3 Å². The number of carbonyl (C=O) groups excluding carboxylic acids is 1. The molecule has 0 aliphatic heterocycles. The van der Waals surface area contributed by atoms with Crippen LogP contribution in [0.25, 0.3) is 11.3 Å². The van der Waals surface area contributed by atoms with Gasteiger partial charge in [0.2, 0.25) is 0 Å². The molecule has 118 valence electrons. The van der Waals surface area contributed by atoms with Gasteiger partial charge in [-0.1, -0.05) is 31.4 Å². The Balaban J connectivity index is 1.69. The van der Waals surface area contributed by atoms with Crippen molar-refractivity contribution in [1.29, 1.82) is 5.26 Å². The lowest BCUT2D eigenvalue weighted by atomic mass is 9.89. The summed E-state index contributed by atoms with van der Waals surface area (Å²) >= 11 is 0. The molecule has 1 heterocycles. The van der Waals surface area contributed by atoms with E-state index in [4.69, 9.17) is 5.26 Å². The normalized spacial score (nSPS) is 15.1. The third-order valence-electron chi connectivity index (χ3n) is 4.33. The van der Waals surface area contributed by atoms with E-state index in [9.17, 15) is 4.79 Å². The van der Waals surface area contributed by atoms with Gasteiger partial charge in [0, 0.05) is 17.7 Å². The van der Waals surface area contributed by atoms with Crippen LogP contribution in [0.1, 0.15) is 48.2 Å². The van der Waals surface area contributed by atoms with Crippen LogP contribution in [0, 0.1) is 17.2 Å². The van der Waals surface area contributed by atoms with Crippen molar-refractivity contribution in [2.75, 3.05) is 6.54 Å². The summed E-state index contributed by atoms with van der Waals surface area (Å²) in [5, 5.41) is 22.3. The molecule has 1 aliphatic rings. The molecule has 1 saturated carbocycles. The number of aromatic nitrogens is 3. The van der Waals surface area contributed by atoms with E-state index in [1.165, 1.54) is 32.1 Å². The van der Waals surface area contributed by atoms with Crippen molar-refractivity contribution in [2.24, 2.45) is 5.92 Å². The smallest absolute Gasteiger partial charge is 0.251 e. The van der Waals surface area contributed by atoms with Crippen molar-refractivity contribution in [2.45, 2.75) is 32.1 Å². The Labute approximate surface area is 134 Å². The van der Waals surface area contributed by atoms with Gasteiger partial charge in [0.25, 0.3) is 5.91 Å². The number of hydrogen-bond donors (Lipinski definition) is 2. The van der Waals surface area contributed by atoms with Gasteiger partial charge in [-0.2, -0.15) is 15.6 Å². The zero-order valence-corrected chi connectivity index (χ0v) is 12.9. The predicted octanol–water partition coefficient (Wildman–Crippen LogP) is 2.65. The van der Waals surface area contributed by atoms with Crippen LogP contribution >= 0.6 is 0 Å². The van der Waals surface area contributed by atoms with Crippen molar-refractivity contribution >= 4 is 5.91 Å². The molecule has 6 nitrogen and oxygen atoms in total. The maximum absolute atomic E-state index is 12.3. The summed E-state index contributed by atoms with van der Waals surface area (Å²) in [7, 11) is 0. The fourth-order valence-electron chi connectivity index (χ4n) is 3.05. The highest BCUT2D eigenvalue weighted by Crippen LogP contribution is 2.23. The highest BCUT2D eigenvalue weighted by Gasteiger charge is 2.16. The maximum atomic E-state index is 12.3. The number of nitrogens with zero attached hydrogens (tertiary/aromatic N) is 3. The maximum Gasteiger partial charge on any atom is 0.251 e. The average Bonchev–Trinajstić information content (AvgIpc) is 3.09. The van der Waals surface area contributed by atoms with Gasteiger partial charge in [-0.25, -0.2) is 0 Å². The first-order chi connectivity index (χ1) is 11.3. The van der Waals surface area contributed by atoms with Crippen LogP contribution in [-0.4, -0.2) is 27.9 Å². The molecule has 1 aliphatic carbocycles. The molecule has 1 aromatic carbocycles. The van der Waals surface area contributed by atoms with Gasteiger partial charge >= 0.3 is 0 Å². The second-order valence-electron chi connectivity index (χ2n) is 5.93. The molecular weight excluding hydrogens is 290 g/mol. The minimum absolute atomic E-state index is 0.0839. The minimum atomic E-state index is -0.0839. The van der Waals surface area contributed by atoms with Crippen LogP contribution in [0.3, 0.4) is 0 Å². The summed E-state index contributed by atoms with van der Waals surface area (Å²) in [4.78, 5) is 12.3. The number of benzene rings is 1. The number of rotatable bonds is 4. The third-order valence-corrected chi connectivity index (χ3v) is 4.33. The molecule has 6 heteroatoms. The summed E-state index contributed by atoms with van der Waals surface area (Å²) in [5.41, 5.74) is 1.98. The van der Waals surface area contributed by atoms with Crippen molar-refractivity contribution in [3.05, 3.63) is 35.5 Å². The number of nitrogens with one attached hydrogen (secondary N) is 2. The van der Waals surface area contributed by atoms with Crippen LogP contribution in [-0.2, 0) is 0 Å². The molecule has 23 heavy (non-hydrogen) atoms. The third kappa shape index (κ3) is 3.57. The standard InChI is InChI=1S/C17H19N5O/c18-10-15-16(21-22-20-15)13-7-4-8-14(9-13)17(23)19-11-12-5-2-1-3-6-12/h4,7-9,12H,1-3,5-6,11H2,(H,19,23)(H,20,21,22). The Morgan fingerprint density at radius 1 is 1.30 bits per heavy atom. The second-order valence-corrected chi connectivity index (χ2v) is 5.93. The van der Waals surface area contributed by atoms with Gasteiger partial charge in [0.1, 0.15) is 11.8 Å². The second kappa shape index (κ2) is 7.05. The van der Waals surface area contributed by atoms with Gasteiger partial charge < -0.3 is 5.32 Å². The quantitative estimate of drug-likeness (QED) is 0.907. The molecular formula is C17H19N5O. The van der Waals surface area contributed by atoms with Gasteiger partial charge in [0.15, 0.2) is 5.69 Å². The predicted molar refractivity (Wildman–Crippen MR) is 85.4 cm³/mol. The molecule has 0 spiro atoms. The summed E-state index contributed by atoms with van der Waals surface area (Å²) in [6.45, 7) is 0.733. The van der Waals surface area contributed by atoms with E-state index in [-0.39, 0.29) is 11.6 Å². The molecule has 3 rings (SSSR count). The fourth-order valence-corrected chi connectivity index (χ4v) is 3.05. The van der Waals surface area contributed by atoms with E-state index in [0.717, 1.165) is 6.54 Å². The number of hydrogen-bond acceptors (Lipinski definition) is 4. The first-order valence-electron chi connectivity index (χ1n) is 7.97. The molecule has 1 amide bonds. The summed E-state index contributed by atoms with van der Waals surface area (Å²) in [6.07, 6.45) is 6.24. The Morgan fingerprint density at radius 3 is 2.91 bits per heavy atom. The topological polar surface area (TPSA) is 94.5 Å². The number of nitriles is 1. The monoisotopic (exact) mass is 309 g/mol. The van der Waals surface area contributed by atoms with E-state index < -0.39 is 0 Å². The lowest BCUT2D eigenvalue weighted by Crippen LogP contribution is -2.30.